The average molecular weight is 375 g/mol. The lowest BCUT2D eigenvalue weighted by atomic mass is 10.2. The molecule has 0 radical (unpaired) electrons. The van der Waals surface area contributed by atoms with Gasteiger partial charge < -0.3 is 14.4 Å². The van der Waals surface area contributed by atoms with Crippen molar-refractivity contribution in [3.63, 3.8) is 0 Å². The number of likely N-dealkylation sites (tertiary alicyclic amines) is 1. The third kappa shape index (κ3) is 6.60. The number of alkyl halides is 1. The van der Waals surface area contributed by atoms with Crippen molar-refractivity contribution in [3.8, 4) is 0 Å². The maximum Gasteiger partial charge on any atom is 0.410 e. The summed E-state index contributed by atoms with van der Waals surface area (Å²) in [5.74, 6) is 0. The molecule has 9 heteroatoms. The van der Waals surface area contributed by atoms with E-state index in [0.717, 1.165) is 11.8 Å². The van der Waals surface area contributed by atoms with E-state index >= 15 is 0 Å². The monoisotopic (exact) mass is 375 g/mol. The SMILES string of the molecule is CS(=O)(=O)O[C@@H]1C[C@@H](COCCF)N(C(=O)OCc2ccccc2)C1. The Bertz CT molecular complexity index is 654. The standard InChI is InChI=1S/C16H22FNO6S/c1-25(20,21)24-15-9-14(12-22-8-7-17)18(10-15)16(19)23-11-13-5-3-2-4-6-13/h2-6,14-15H,7-12H2,1H3/t14-,15+/m0/s1. The van der Waals surface area contributed by atoms with Crippen LogP contribution in [0, 0.1) is 0 Å². The van der Waals surface area contributed by atoms with Crippen LogP contribution in [0.5, 0.6) is 0 Å². The van der Waals surface area contributed by atoms with Crippen molar-refractivity contribution in [2.75, 3.05) is 32.7 Å². The van der Waals surface area contributed by atoms with Gasteiger partial charge in [-0.15, -0.1) is 0 Å². The topological polar surface area (TPSA) is 82.1 Å². The van der Waals surface area contributed by atoms with Crippen LogP contribution in [-0.2, 0) is 30.4 Å². The fourth-order valence-corrected chi connectivity index (χ4v) is 3.28. The van der Waals surface area contributed by atoms with Crippen LogP contribution in [0.2, 0.25) is 0 Å². The Morgan fingerprint density at radius 3 is 2.68 bits per heavy atom. The molecule has 0 spiro atoms. The largest absolute Gasteiger partial charge is 0.445 e. The van der Waals surface area contributed by atoms with Gasteiger partial charge in [0.05, 0.1) is 38.2 Å². The Labute approximate surface area is 146 Å². The minimum Gasteiger partial charge on any atom is -0.445 e. The molecular formula is C16H22FNO6S. The lowest BCUT2D eigenvalue weighted by Gasteiger charge is -2.23. The molecule has 2 atom stereocenters. The van der Waals surface area contributed by atoms with E-state index in [0.29, 0.717) is 0 Å². The van der Waals surface area contributed by atoms with Crippen LogP contribution in [0.15, 0.2) is 30.3 Å². The minimum absolute atomic E-state index is 0.0738. The number of hydrogen-bond donors (Lipinski definition) is 0. The van der Waals surface area contributed by atoms with Gasteiger partial charge in [-0.25, -0.2) is 9.18 Å². The molecule has 7 nitrogen and oxygen atoms in total. The fourth-order valence-electron chi connectivity index (χ4n) is 2.65. The van der Waals surface area contributed by atoms with Crippen LogP contribution in [0.3, 0.4) is 0 Å². The molecule has 1 aromatic rings. The lowest BCUT2D eigenvalue weighted by Crippen LogP contribution is -2.39. The van der Waals surface area contributed by atoms with Crippen molar-refractivity contribution >= 4 is 16.2 Å². The molecule has 1 aromatic carbocycles. The molecule has 0 N–H and O–H groups in total. The quantitative estimate of drug-likeness (QED) is 0.508. The molecule has 140 valence electrons. The summed E-state index contributed by atoms with van der Waals surface area (Å²) in [7, 11) is -3.64. The predicted octanol–water partition coefficient (Wildman–Crippen LogP) is 1.73. The normalized spacial score (nSPS) is 20.6. The van der Waals surface area contributed by atoms with Gasteiger partial charge >= 0.3 is 6.09 Å². The highest BCUT2D eigenvalue weighted by molar-refractivity contribution is 7.86. The summed E-state index contributed by atoms with van der Waals surface area (Å²) in [5, 5.41) is 0. The van der Waals surface area contributed by atoms with E-state index in [2.05, 4.69) is 0 Å². The van der Waals surface area contributed by atoms with Gasteiger partial charge in [0.25, 0.3) is 10.1 Å². The molecule has 1 amide bonds. The Morgan fingerprint density at radius 2 is 2.04 bits per heavy atom. The summed E-state index contributed by atoms with van der Waals surface area (Å²) in [6.45, 7) is -0.445. The van der Waals surface area contributed by atoms with Crippen LogP contribution >= 0.6 is 0 Å². The summed E-state index contributed by atoms with van der Waals surface area (Å²) in [5.41, 5.74) is 0.837. The number of carbonyl (C=O) groups is 1. The maximum absolute atomic E-state index is 12.3. The molecule has 0 aromatic heterocycles. The number of nitrogens with zero attached hydrogens (tertiary/aromatic N) is 1. The van der Waals surface area contributed by atoms with Crippen molar-refractivity contribution in [3.05, 3.63) is 35.9 Å². The van der Waals surface area contributed by atoms with E-state index in [9.17, 15) is 17.6 Å². The van der Waals surface area contributed by atoms with E-state index in [1.54, 1.807) is 0 Å². The Balaban J connectivity index is 1.96. The second-order valence-corrected chi connectivity index (χ2v) is 7.37. The summed E-state index contributed by atoms with van der Waals surface area (Å²) in [6.07, 6.45) is -0.0202. The van der Waals surface area contributed by atoms with Crippen LogP contribution in [0.25, 0.3) is 0 Å². The van der Waals surface area contributed by atoms with E-state index in [1.807, 2.05) is 30.3 Å². The number of hydrogen-bond acceptors (Lipinski definition) is 6. The van der Waals surface area contributed by atoms with Gasteiger partial charge in [-0.2, -0.15) is 8.42 Å². The van der Waals surface area contributed by atoms with Crippen LogP contribution in [0.4, 0.5) is 9.18 Å². The summed E-state index contributed by atoms with van der Waals surface area (Å²) in [6, 6.07) is 8.76. The third-order valence-electron chi connectivity index (χ3n) is 3.66. The highest BCUT2D eigenvalue weighted by Crippen LogP contribution is 2.23. The van der Waals surface area contributed by atoms with Crippen LogP contribution in [-0.4, -0.2) is 64.2 Å². The zero-order valence-electron chi connectivity index (χ0n) is 14.0. The average Bonchev–Trinajstić information content (AvgIpc) is 2.94. The van der Waals surface area contributed by atoms with Crippen molar-refractivity contribution in [2.45, 2.75) is 25.2 Å². The van der Waals surface area contributed by atoms with Gasteiger partial charge in [0.2, 0.25) is 0 Å². The summed E-state index contributed by atoms with van der Waals surface area (Å²) in [4.78, 5) is 13.7. The van der Waals surface area contributed by atoms with Gasteiger partial charge in [0.15, 0.2) is 0 Å². The fraction of sp³-hybridized carbons (Fsp3) is 0.562. The molecule has 0 aliphatic carbocycles. The molecule has 1 aliphatic rings. The predicted molar refractivity (Wildman–Crippen MR) is 88.2 cm³/mol. The first kappa shape index (κ1) is 19.6. The highest BCUT2D eigenvalue weighted by atomic mass is 32.2. The Hall–Kier alpha value is -1.71. The molecule has 1 fully saturated rings. The number of amides is 1. The number of ether oxygens (including phenoxy) is 2. The molecule has 2 rings (SSSR count). The Morgan fingerprint density at radius 1 is 1.32 bits per heavy atom. The first-order chi connectivity index (χ1) is 11.9. The van der Waals surface area contributed by atoms with E-state index in [1.165, 1.54) is 4.90 Å². The first-order valence-corrected chi connectivity index (χ1v) is 9.70. The van der Waals surface area contributed by atoms with Crippen molar-refractivity contribution in [1.82, 2.24) is 4.90 Å². The smallest absolute Gasteiger partial charge is 0.410 e. The third-order valence-corrected chi connectivity index (χ3v) is 4.28. The Kier molecular flexibility index (Phi) is 7.15. The molecule has 0 unspecified atom stereocenters. The van der Waals surface area contributed by atoms with Crippen molar-refractivity contribution in [1.29, 1.82) is 0 Å². The second-order valence-electron chi connectivity index (χ2n) is 5.77. The molecule has 1 heterocycles. The summed E-state index contributed by atoms with van der Waals surface area (Å²) >= 11 is 0. The van der Waals surface area contributed by atoms with Crippen molar-refractivity contribution in [2.24, 2.45) is 0 Å². The van der Waals surface area contributed by atoms with Gasteiger partial charge in [0.1, 0.15) is 13.3 Å². The number of carbonyl (C=O) groups excluding carboxylic acids is 1. The van der Waals surface area contributed by atoms with Gasteiger partial charge in [-0.1, -0.05) is 30.3 Å². The van der Waals surface area contributed by atoms with Gasteiger partial charge in [-0.3, -0.25) is 4.18 Å². The second kappa shape index (κ2) is 9.12. The maximum atomic E-state index is 12.3. The van der Waals surface area contributed by atoms with Gasteiger partial charge in [-0.05, 0) is 12.0 Å². The van der Waals surface area contributed by atoms with Gasteiger partial charge in [0, 0.05) is 0 Å². The highest BCUT2D eigenvalue weighted by Gasteiger charge is 2.38. The van der Waals surface area contributed by atoms with E-state index in [4.69, 9.17) is 13.7 Å². The van der Waals surface area contributed by atoms with Crippen LogP contribution < -0.4 is 0 Å². The molecule has 0 bridgehead atoms. The zero-order valence-corrected chi connectivity index (χ0v) is 14.8. The van der Waals surface area contributed by atoms with Crippen LogP contribution in [0.1, 0.15) is 12.0 Å². The molecule has 0 saturated carbocycles. The number of benzene rings is 1. The minimum atomic E-state index is -3.64. The molecular weight excluding hydrogens is 353 g/mol. The first-order valence-electron chi connectivity index (χ1n) is 7.88. The number of rotatable bonds is 8. The zero-order chi connectivity index (χ0) is 18.3. The lowest BCUT2D eigenvalue weighted by molar-refractivity contribution is 0.0508. The molecule has 25 heavy (non-hydrogen) atoms. The number of halogens is 1. The molecule has 1 aliphatic heterocycles. The van der Waals surface area contributed by atoms with E-state index in [-0.39, 0.29) is 32.8 Å². The summed E-state index contributed by atoms with van der Waals surface area (Å²) < 4.78 is 50.2. The van der Waals surface area contributed by atoms with E-state index < -0.39 is 35.0 Å². The van der Waals surface area contributed by atoms with Crippen molar-refractivity contribution < 1.29 is 31.3 Å². The molecule has 1 saturated heterocycles.